The van der Waals surface area contributed by atoms with Crippen LogP contribution in [0.25, 0.3) is 0 Å². The molecule has 1 amide bonds. The number of amides is 1. The second-order valence-electron chi connectivity index (χ2n) is 4.98. The molecule has 0 aliphatic heterocycles. The van der Waals surface area contributed by atoms with Gasteiger partial charge in [-0.15, -0.1) is 11.6 Å². The first-order chi connectivity index (χ1) is 7.68. The Labute approximate surface area is 104 Å². The fourth-order valence-electron chi connectivity index (χ4n) is 2.31. The van der Waals surface area contributed by atoms with Gasteiger partial charge in [-0.1, -0.05) is 25.7 Å². The second kappa shape index (κ2) is 7.94. The summed E-state index contributed by atoms with van der Waals surface area (Å²) < 4.78 is 0. The number of hydrogen-bond acceptors (Lipinski definition) is 1. The molecule has 0 saturated heterocycles. The van der Waals surface area contributed by atoms with E-state index in [0.717, 1.165) is 19.4 Å². The van der Waals surface area contributed by atoms with Gasteiger partial charge < -0.3 is 5.32 Å². The molecule has 94 valence electrons. The van der Waals surface area contributed by atoms with Gasteiger partial charge in [-0.3, -0.25) is 4.79 Å². The average Bonchev–Trinajstić information content (AvgIpc) is 2.45. The predicted molar refractivity (Wildman–Crippen MR) is 68.8 cm³/mol. The lowest BCUT2D eigenvalue weighted by Gasteiger charge is -2.13. The SMILES string of the molecule is CC(Cl)CCNC(=O)CC1CCCCCC1. The van der Waals surface area contributed by atoms with E-state index in [9.17, 15) is 4.79 Å². The average molecular weight is 246 g/mol. The molecule has 0 radical (unpaired) electrons. The Kier molecular flexibility index (Phi) is 6.86. The van der Waals surface area contributed by atoms with Crippen LogP contribution in [0.2, 0.25) is 0 Å². The van der Waals surface area contributed by atoms with Crippen LogP contribution in [0.4, 0.5) is 0 Å². The molecule has 0 aromatic rings. The van der Waals surface area contributed by atoms with Gasteiger partial charge in [0.25, 0.3) is 0 Å². The number of halogens is 1. The molecule has 0 aromatic carbocycles. The van der Waals surface area contributed by atoms with Crippen molar-refractivity contribution < 1.29 is 4.79 Å². The van der Waals surface area contributed by atoms with Gasteiger partial charge in [0.05, 0.1) is 0 Å². The fourth-order valence-corrected chi connectivity index (χ4v) is 2.42. The van der Waals surface area contributed by atoms with Crippen molar-refractivity contribution in [3.63, 3.8) is 0 Å². The molecule has 1 fully saturated rings. The third-order valence-electron chi connectivity index (χ3n) is 3.31. The third kappa shape index (κ3) is 6.37. The number of hydrogen-bond donors (Lipinski definition) is 1. The van der Waals surface area contributed by atoms with Crippen molar-refractivity contribution >= 4 is 17.5 Å². The van der Waals surface area contributed by atoms with Crippen LogP contribution < -0.4 is 5.32 Å². The molecule has 16 heavy (non-hydrogen) atoms. The lowest BCUT2D eigenvalue weighted by Crippen LogP contribution is -2.27. The van der Waals surface area contributed by atoms with E-state index in [-0.39, 0.29) is 11.3 Å². The Bertz CT molecular complexity index is 198. The summed E-state index contributed by atoms with van der Waals surface area (Å²) in [6.45, 7) is 2.68. The highest BCUT2D eigenvalue weighted by Crippen LogP contribution is 2.25. The minimum atomic E-state index is 0.151. The Morgan fingerprint density at radius 3 is 2.50 bits per heavy atom. The van der Waals surface area contributed by atoms with E-state index in [1.54, 1.807) is 0 Å². The molecule has 1 rings (SSSR count). The van der Waals surface area contributed by atoms with Crippen LogP contribution in [0.3, 0.4) is 0 Å². The molecular formula is C13H24ClNO. The largest absolute Gasteiger partial charge is 0.356 e. The van der Waals surface area contributed by atoms with Crippen LogP contribution in [-0.4, -0.2) is 17.8 Å². The van der Waals surface area contributed by atoms with Crippen molar-refractivity contribution in [2.75, 3.05) is 6.54 Å². The predicted octanol–water partition coefficient (Wildman–Crippen LogP) is 3.48. The van der Waals surface area contributed by atoms with E-state index in [4.69, 9.17) is 11.6 Å². The van der Waals surface area contributed by atoms with Gasteiger partial charge in [0, 0.05) is 18.3 Å². The van der Waals surface area contributed by atoms with Gasteiger partial charge >= 0.3 is 0 Å². The van der Waals surface area contributed by atoms with Crippen molar-refractivity contribution in [3.05, 3.63) is 0 Å². The molecule has 1 atom stereocenters. The van der Waals surface area contributed by atoms with E-state index in [0.29, 0.717) is 5.92 Å². The molecular weight excluding hydrogens is 222 g/mol. The molecule has 3 heteroatoms. The monoisotopic (exact) mass is 245 g/mol. The number of alkyl halides is 1. The Hall–Kier alpha value is -0.240. The molecule has 1 aliphatic carbocycles. The molecule has 1 saturated carbocycles. The summed E-state index contributed by atoms with van der Waals surface area (Å²) in [5.74, 6) is 0.833. The van der Waals surface area contributed by atoms with E-state index in [2.05, 4.69) is 5.32 Å². The quantitative estimate of drug-likeness (QED) is 0.583. The van der Waals surface area contributed by atoms with Gasteiger partial charge in [0.2, 0.25) is 5.91 Å². The Morgan fingerprint density at radius 2 is 1.94 bits per heavy atom. The fraction of sp³-hybridized carbons (Fsp3) is 0.923. The highest BCUT2D eigenvalue weighted by molar-refractivity contribution is 6.20. The highest BCUT2D eigenvalue weighted by atomic mass is 35.5. The van der Waals surface area contributed by atoms with E-state index in [1.807, 2.05) is 6.92 Å². The summed E-state index contributed by atoms with van der Waals surface area (Å²) in [4.78, 5) is 11.7. The van der Waals surface area contributed by atoms with Gasteiger partial charge in [0.1, 0.15) is 0 Å². The van der Waals surface area contributed by atoms with Crippen LogP contribution in [0, 0.1) is 5.92 Å². The van der Waals surface area contributed by atoms with Gasteiger partial charge in [0.15, 0.2) is 0 Å². The van der Waals surface area contributed by atoms with Crippen LogP contribution in [0.1, 0.15) is 58.3 Å². The molecule has 0 heterocycles. The first kappa shape index (κ1) is 13.8. The summed E-state index contributed by atoms with van der Waals surface area (Å²) in [7, 11) is 0. The van der Waals surface area contributed by atoms with Crippen LogP contribution in [0.15, 0.2) is 0 Å². The zero-order valence-corrected chi connectivity index (χ0v) is 11.1. The van der Waals surface area contributed by atoms with Crippen molar-refractivity contribution in [1.29, 1.82) is 0 Å². The zero-order valence-electron chi connectivity index (χ0n) is 10.3. The number of carbonyl (C=O) groups excluding carboxylic acids is 1. The summed E-state index contributed by atoms with van der Waals surface area (Å²) >= 11 is 5.82. The molecule has 1 N–H and O–H groups in total. The van der Waals surface area contributed by atoms with E-state index < -0.39 is 0 Å². The number of nitrogens with one attached hydrogen (secondary N) is 1. The van der Waals surface area contributed by atoms with Gasteiger partial charge in [-0.2, -0.15) is 0 Å². The Balaban J connectivity index is 2.12. The third-order valence-corrected chi connectivity index (χ3v) is 3.53. The summed E-state index contributed by atoms with van der Waals surface area (Å²) in [6.07, 6.45) is 9.35. The summed E-state index contributed by atoms with van der Waals surface area (Å²) in [6, 6.07) is 0. The van der Waals surface area contributed by atoms with Gasteiger partial charge in [-0.25, -0.2) is 0 Å². The van der Waals surface area contributed by atoms with Gasteiger partial charge in [-0.05, 0) is 32.1 Å². The smallest absolute Gasteiger partial charge is 0.220 e. The molecule has 2 nitrogen and oxygen atoms in total. The molecule has 0 bridgehead atoms. The minimum absolute atomic E-state index is 0.151. The normalized spacial score (nSPS) is 20.1. The van der Waals surface area contributed by atoms with Crippen LogP contribution in [0.5, 0.6) is 0 Å². The summed E-state index contributed by atoms with van der Waals surface area (Å²) in [5.41, 5.74) is 0. The molecule has 1 aliphatic rings. The van der Waals surface area contributed by atoms with Crippen molar-refractivity contribution in [3.8, 4) is 0 Å². The minimum Gasteiger partial charge on any atom is -0.356 e. The van der Waals surface area contributed by atoms with E-state index in [1.165, 1.54) is 38.5 Å². The van der Waals surface area contributed by atoms with E-state index >= 15 is 0 Å². The number of carbonyl (C=O) groups is 1. The lowest BCUT2D eigenvalue weighted by atomic mass is 9.96. The highest BCUT2D eigenvalue weighted by Gasteiger charge is 2.15. The standard InChI is InChI=1S/C13H24ClNO/c1-11(14)8-9-15-13(16)10-12-6-4-2-3-5-7-12/h11-12H,2-10H2,1H3,(H,15,16). The zero-order chi connectivity index (χ0) is 11.8. The van der Waals surface area contributed by atoms with Crippen molar-refractivity contribution in [1.82, 2.24) is 5.32 Å². The maximum Gasteiger partial charge on any atom is 0.220 e. The molecule has 0 aromatic heterocycles. The topological polar surface area (TPSA) is 29.1 Å². The Morgan fingerprint density at radius 1 is 1.31 bits per heavy atom. The maximum atomic E-state index is 11.7. The molecule has 0 spiro atoms. The first-order valence-corrected chi connectivity index (χ1v) is 7.03. The lowest BCUT2D eigenvalue weighted by molar-refractivity contribution is -0.122. The molecule has 1 unspecified atom stereocenters. The number of rotatable bonds is 5. The second-order valence-corrected chi connectivity index (χ2v) is 5.73. The van der Waals surface area contributed by atoms with Crippen LogP contribution in [-0.2, 0) is 4.79 Å². The van der Waals surface area contributed by atoms with Crippen molar-refractivity contribution in [2.24, 2.45) is 5.92 Å². The summed E-state index contributed by atoms with van der Waals surface area (Å²) in [5, 5.41) is 3.11. The maximum absolute atomic E-state index is 11.7. The van der Waals surface area contributed by atoms with Crippen molar-refractivity contribution in [2.45, 2.75) is 63.7 Å². The van der Waals surface area contributed by atoms with Crippen LogP contribution >= 0.6 is 11.6 Å². The first-order valence-electron chi connectivity index (χ1n) is 6.59.